The summed E-state index contributed by atoms with van der Waals surface area (Å²) < 4.78 is 10.6. The second-order valence-corrected chi connectivity index (χ2v) is 4.78. The number of carbonyl (C=O) groups is 1. The van der Waals surface area contributed by atoms with Gasteiger partial charge in [0.25, 0.3) is 0 Å². The van der Waals surface area contributed by atoms with Crippen molar-refractivity contribution in [1.82, 2.24) is 10.3 Å². The largest absolute Gasteiger partial charge is 0.475 e. The number of hydrogen-bond donors (Lipinski definition) is 1. The lowest BCUT2D eigenvalue weighted by Crippen LogP contribution is -2.26. The number of carbonyl (C=O) groups excluding carboxylic acids is 1. The molecule has 0 fully saturated rings. The molecule has 19 heavy (non-hydrogen) atoms. The second kappa shape index (κ2) is 7.74. The maximum Gasteiger partial charge on any atom is 0.320 e. The number of pyridine rings is 1. The van der Waals surface area contributed by atoms with Gasteiger partial charge in [-0.3, -0.25) is 4.79 Å². The Kier molecular flexibility index (Phi) is 6.29. The van der Waals surface area contributed by atoms with Crippen LogP contribution in [0.2, 0.25) is 0 Å². The van der Waals surface area contributed by atoms with Crippen LogP contribution < -0.4 is 10.1 Å². The average molecular weight is 266 g/mol. The number of nitrogens with zero attached hydrogens (tertiary/aromatic N) is 1. The molecule has 0 aliphatic heterocycles. The lowest BCUT2D eigenvalue weighted by Gasteiger charge is -2.13. The molecule has 1 aromatic rings. The molecular formula is C14H22N2O3. The van der Waals surface area contributed by atoms with Gasteiger partial charge in [-0.15, -0.1) is 0 Å². The first-order valence-electron chi connectivity index (χ1n) is 6.49. The van der Waals surface area contributed by atoms with Crippen LogP contribution in [0.15, 0.2) is 18.3 Å². The topological polar surface area (TPSA) is 60.5 Å². The molecule has 1 N–H and O–H groups in total. The van der Waals surface area contributed by atoms with E-state index in [4.69, 9.17) is 9.47 Å². The Morgan fingerprint density at radius 3 is 2.68 bits per heavy atom. The summed E-state index contributed by atoms with van der Waals surface area (Å²) in [6, 6.07) is 3.77. The van der Waals surface area contributed by atoms with E-state index in [1.165, 1.54) is 0 Å². The van der Waals surface area contributed by atoms with Crippen LogP contribution in [0.3, 0.4) is 0 Å². The normalized spacial score (nSPS) is 10.8. The van der Waals surface area contributed by atoms with Gasteiger partial charge in [-0.2, -0.15) is 0 Å². The maximum absolute atomic E-state index is 11.4. The second-order valence-electron chi connectivity index (χ2n) is 4.78. The van der Waals surface area contributed by atoms with E-state index in [2.05, 4.69) is 10.3 Å². The molecule has 0 saturated carbocycles. The lowest BCUT2D eigenvalue weighted by molar-refractivity contribution is -0.146. The Morgan fingerprint density at radius 2 is 2.05 bits per heavy atom. The highest BCUT2D eigenvalue weighted by Crippen LogP contribution is 2.15. The zero-order valence-electron chi connectivity index (χ0n) is 12.0. The zero-order chi connectivity index (χ0) is 14.3. The summed E-state index contributed by atoms with van der Waals surface area (Å²) in [5.41, 5.74) is 0.925. The van der Waals surface area contributed by atoms with E-state index in [1.54, 1.807) is 6.20 Å². The van der Waals surface area contributed by atoms with Crippen molar-refractivity contribution in [3.63, 3.8) is 0 Å². The fourth-order valence-electron chi connectivity index (χ4n) is 1.49. The van der Waals surface area contributed by atoms with Crippen molar-refractivity contribution in [3.05, 3.63) is 23.9 Å². The van der Waals surface area contributed by atoms with Crippen molar-refractivity contribution in [2.24, 2.45) is 0 Å². The Bertz CT molecular complexity index is 405. The number of hydrogen-bond acceptors (Lipinski definition) is 5. The molecule has 0 spiro atoms. The van der Waals surface area contributed by atoms with Gasteiger partial charge < -0.3 is 14.8 Å². The van der Waals surface area contributed by atoms with Crippen LogP contribution in [0.4, 0.5) is 0 Å². The molecule has 5 heteroatoms. The van der Waals surface area contributed by atoms with E-state index in [1.807, 2.05) is 39.8 Å². The zero-order valence-corrected chi connectivity index (χ0v) is 12.0. The van der Waals surface area contributed by atoms with Crippen molar-refractivity contribution in [1.29, 1.82) is 0 Å². The fourth-order valence-corrected chi connectivity index (χ4v) is 1.49. The van der Waals surface area contributed by atoms with Gasteiger partial charge in [-0.1, -0.05) is 6.07 Å². The number of aromatic nitrogens is 1. The SMILES string of the molecule is CC(C)OC(=O)CNCc1cccnc1OC(C)C. The number of rotatable bonds is 7. The van der Waals surface area contributed by atoms with Crippen LogP contribution in [0.25, 0.3) is 0 Å². The molecule has 0 radical (unpaired) electrons. The summed E-state index contributed by atoms with van der Waals surface area (Å²) in [5, 5.41) is 3.03. The first kappa shape index (κ1) is 15.4. The van der Waals surface area contributed by atoms with Gasteiger partial charge in [0.1, 0.15) is 0 Å². The Labute approximate surface area is 114 Å². The molecule has 1 rings (SSSR count). The molecule has 1 aromatic heterocycles. The third kappa shape index (κ3) is 6.20. The van der Waals surface area contributed by atoms with Crippen molar-refractivity contribution < 1.29 is 14.3 Å². The minimum Gasteiger partial charge on any atom is -0.475 e. The van der Waals surface area contributed by atoms with Crippen molar-refractivity contribution in [2.45, 2.75) is 46.4 Å². The molecule has 1 heterocycles. The Balaban J connectivity index is 2.46. The van der Waals surface area contributed by atoms with Gasteiger partial charge in [0.2, 0.25) is 5.88 Å². The highest BCUT2D eigenvalue weighted by Gasteiger charge is 2.08. The molecule has 0 atom stereocenters. The third-order valence-electron chi connectivity index (χ3n) is 2.15. The summed E-state index contributed by atoms with van der Waals surface area (Å²) in [4.78, 5) is 15.6. The van der Waals surface area contributed by atoms with Crippen LogP contribution in [0, 0.1) is 0 Å². The highest BCUT2D eigenvalue weighted by atomic mass is 16.5. The molecule has 0 bridgehead atoms. The first-order chi connectivity index (χ1) is 8.99. The number of nitrogens with one attached hydrogen (secondary N) is 1. The lowest BCUT2D eigenvalue weighted by atomic mass is 10.2. The van der Waals surface area contributed by atoms with Crippen molar-refractivity contribution in [2.75, 3.05) is 6.54 Å². The van der Waals surface area contributed by atoms with Crippen LogP contribution >= 0.6 is 0 Å². The van der Waals surface area contributed by atoms with E-state index in [-0.39, 0.29) is 24.7 Å². The monoisotopic (exact) mass is 266 g/mol. The Morgan fingerprint density at radius 1 is 1.32 bits per heavy atom. The van der Waals surface area contributed by atoms with E-state index < -0.39 is 0 Å². The van der Waals surface area contributed by atoms with E-state index in [9.17, 15) is 4.79 Å². The van der Waals surface area contributed by atoms with E-state index in [0.717, 1.165) is 5.56 Å². The third-order valence-corrected chi connectivity index (χ3v) is 2.15. The molecule has 5 nitrogen and oxygen atoms in total. The summed E-state index contributed by atoms with van der Waals surface area (Å²) >= 11 is 0. The average Bonchev–Trinajstić information content (AvgIpc) is 2.29. The number of esters is 1. The molecule has 0 saturated heterocycles. The standard InChI is InChI=1S/C14H22N2O3/c1-10(2)18-13(17)9-15-8-12-6-5-7-16-14(12)19-11(3)4/h5-7,10-11,15H,8-9H2,1-4H3. The summed E-state index contributed by atoms with van der Waals surface area (Å²) in [6.07, 6.45) is 1.67. The summed E-state index contributed by atoms with van der Waals surface area (Å²) in [7, 11) is 0. The smallest absolute Gasteiger partial charge is 0.320 e. The summed E-state index contributed by atoms with van der Waals surface area (Å²) in [5.74, 6) is 0.340. The van der Waals surface area contributed by atoms with Gasteiger partial charge in [0, 0.05) is 18.3 Å². The predicted octanol–water partition coefficient (Wildman–Crippen LogP) is 1.91. The molecule has 0 aromatic carbocycles. The van der Waals surface area contributed by atoms with Gasteiger partial charge in [-0.05, 0) is 33.8 Å². The van der Waals surface area contributed by atoms with E-state index >= 15 is 0 Å². The van der Waals surface area contributed by atoms with Gasteiger partial charge in [0.15, 0.2) is 0 Å². The van der Waals surface area contributed by atoms with Gasteiger partial charge >= 0.3 is 5.97 Å². The molecule has 106 valence electrons. The number of ether oxygens (including phenoxy) is 2. The molecule has 0 unspecified atom stereocenters. The van der Waals surface area contributed by atoms with Crippen molar-refractivity contribution in [3.8, 4) is 5.88 Å². The maximum atomic E-state index is 11.4. The molecular weight excluding hydrogens is 244 g/mol. The molecule has 0 aliphatic carbocycles. The predicted molar refractivity (Wildman–Crippen MR) is 72.9 cm³/mol. The van der Waals surface area contributed by atoms with Crippen LogP contribution in [-0.2, 0) is 16.1 Å². The van der Waals surface area contributed by atoms with Crippen LogP contribution in [0.5, 0.6) is 5.88 Å². The Hall–Kier alpha value is -1.62. The van der Waals surface area contributed by atoms with Gasteiger partial charge in [0.05, 0.1) is 18.8 Å². The molecule has 0 aliphatic rings. The summed E-state index contributed by atoms with van der Waals surface area (Å²) in [6.45, 7) is 8.25. The minimum atomic E-state index is -0.259. The minimum absolute atomic E-state index is 0.0690. The first-order valence-corrected chi connectivity index (χ1v) is 6.49. The van der Waals surface area contributed by atoms with Crippen LogP contribution in [0.1, 0.15) is 33.3 Å². The highest BCUT2D eigenvalue weighted by molar-refractivity contribution is 5.71. The van der Waals surface area contributed by atoms with Crippen molar-refractivity contribution >= 4 is 5.97 Å². The fraction of sp³-hybridized carbons (Fsp3) is 0.571. The van der Waals surface area contributed by atoms with Gasteiger partial charge in [-0.25, -0.2) is 4.98 Å². The quantitative estimate of drug-likeness (QED) is 0.764. The van der Waals surface area contributed by atoms with Crippen LogP contribution in [-0.4, -0.2) is 29.7 Å². The van der Waals surface area contributed by atoms with E-state index in [0.29, 0.717) is 12.4 Å². The molecule has 0 amide bonds.